The van der Waals surface area contributed by atoms with Gasteiger partial charge in [-0.15, -0.1) is 0 Å². The van der Waals surface area contributed by atoms with Crippen LogP contribution in [0.3, 0.4) is 0 Å². The van der Waals surface area contributed by atoms with Crippen molar-refractivity contribution in [2.75, 3.05) is 27.3 Å². The van der Waals surface area contributed by atoms with E-state index in [4.69, 9.17) is 9.47 Å². The number of hydrogen-bond donors (Lipinski definition) is 1. The van der Waals surface area contributed by atoms with Gasteiger partial charge in [-0.2, -0.15) is 0 Å². The van der Waals surface area contributed by atoms with E-state index in [2.05, 4.69) is 5.32 Å². The molecule has 0 aromatic heterocycles. The van der Waals surface area contributed by atoms with Gasteiger partial charge in [-0.25, -0.2) is 0 Å². The first-order chi connectivity index (χ1) is 14.4. The third-order valence-corrected chi connectivity index (χ3v) is 5.61. The molecule has 2 aromatic carbocycles. The van der Waals surface area contributed by atoms with E-state index in [0.29, 0.717) is 31.1 Å². The minimum absolute atomic E-state index is 0.0558. The molecule has 0 unspecified atom stereocenters. The first kappa shape index (κ1) is 21.7. The fraction of sp³-hybridized carbons (Fsp3) is 0.417. The maximum atomic E-state index is 13.2. The Hall–Kier alpha value is -3.02. The van der Waals surface area contributed by atoms with Gasteiger partial charge in [0.05, 0.1) is 20.1 Å². The molecular formula is C24H30N2O4. The lowest BCUT2D eigenvalue weighted by molar-refractivity contribution is -0.133. The number of benzene rings is 2. The van der Waals surface area contributed by atoms with Gasteiger partial charge in [0.15, 0.2) is 0 Å². The highest BCUT2D eigenvalue weighted by Gasteiger charge is 2.42. The van der Waals surface area contributed by atoms with Crippen molar-refractivity contribution in [3.8, 4) is 11.5 Å². The molecule has 1 aliphatic heterocycles. The topological polar surface area (TPSA) is 67.9 Å². The average Bonchev–Trinajstić information content (AvgIpc) is 3.22. The number of nitrogens with zero attached hydrogens (tertiary/aromatic N) is 1. The summed E-state index contributed by atoms with van der Waals surface area (Å²) in [7, 11) is 3.22. The van der Waals surface area contributed by atoms with Crippen molar-refractivity contribution in [3.63, 3.8) is 0 Å². The zero-order valence-electron chi connectivity index (χ0n) is 18.1. The number of ether oxygens (including phenoxy) is 2. The largest absolute Gasteiger partial charge is 0.497 e. The zero-order chi connectivity index (χ0) is 21.7. The average molecular weight is 411 g/mol. The van der Waals surface area contributed by atoms with Crippen molar-refractivity contribution in [1.29, 1.82) is 0 Å². The predicted octanol–water partition coefficient (Wildman–Crippen LogP) is 3.22. The Bertz CT molecular complexity index is 882. The quantitative estimate of drug-likeness (QED) is 0.761. The molecule has 1 heterocycles. The van der Waals surface area contributed by atoms with Gasteiger partial charge in [0, 0.05) is 37.0 Å². The Kier molecular flexibility index (Phi) is 6.98. The minimum Gasteiger partial charge on any atom is -0.497 e. The molecule has 0 aliphatic carbocycles. The fourth-order valence-electron chi connectivity index (χ4n) is 3.98. The molecule has 0 saturated carbocycles. The number of carbonyl (C=O) groups is 2. The summed E-state index contributed by atoms with van der Waals surface area (Å²) < 4.78 is 11.0. The van der Waals surface area contributed by atoms with Crippen molar-refractivity contribution in [1.82, 2.24) is 10.2 Å². The van der Waals surface area contributed by atoms with E-state index in [0.717, 1.165) is 11.1 Å². The van der Waals surface area contributed by atoms with E-state index in [1.165, 1.54) is 0 Å². The van der Waals surface area contributed by atoms with Gasteiger partial charge in [-0.3, -0.25) is 9.59 Å². The second-order valence-corrected chi connectivity index (χ2v) is 7.92. The second-order valence-electron chi connectivity index (χ2n) is 7.92. The highest BCUT2D eigenvalue weighted by molar-refractivity contribution is 5.84. The van der Waals surface area contributed by atoms with Gasteiger partial charge in [-0.1, -0.05) is 44.2 Å². The molecule has 6 nitrogen and oxygen atoms in total. The molecule has 1 aliphatic rings. The van der Waals surface area contributed by atoms with Gasteiger partial charge in [-0.05, 0) is 23.8 Å². The highest BCUT2D eigenvalue weighted by Crippen LogP contribution is 2.40. The van der Waals surface area contributed by atoms with Crippen molar-refractivity contribution in [3.05, 3.63) is 59.7 Å². The van der Waals surface area contributed by atoms with Crippen LogP contribution >= 0.6 is 0 Å². The summed E-state index contributed by atoms with van der Waals surface area (Å²) >= 11 is 0. The summed E-state index contributed by atoms with van der Waals surface area (Å²) in [4.78, 5) is 27.7. The second kappa shape index (κ2) is 9.65. The standard InChI is InChI=1S/C24H30N2O4/c1-16(2)24(28)26-14-20(19-12-18(29-3)10-11-22(19)30-4)21(15-26)23(27)25-13-17-8-6-5-7-9-17/h5-12,16,20-21H,13-15H2,1-4H3,(H,25,27)/t20-,21-/m0/s1. The molecule has 30 heavy (non-hydrogen) atoms. The lowest BCUT2D eigenvalue weighted by Gasteiger charge is -2.21. The Balaban J connectivity index is 1.87. The monoisotopic (exact) mass is 410 g/mol. The van der Waals surface area contributed by atoms with E-state index in [1.807, 2.05) is 62.4 Å². The summed E-state index contributed by atoms with van der Waals surface area (Å²) in [6, 6.07) is 15.4. The van der Waals surface area contributed by atoms with Crippen LogP contribution in [0.25, 0.3) is 0 Å². The molecule has 2 aromatic rings. The molecule has 1 N–H and O–H groups in total. The van der Waals surface area contributed by atoms with Crippen LogP contribution in [-0.2, 0) is 16.1 Å². The Morgan fingerprint density at radius 1 is 1.07 bits per heavy atom. The molecule has 160 valence electrons. The van der Waals surface area contributed by atoms with Crippen LogP contribution in [0.1, 0.15) is 30.9 Å². The molecule has 1 fully saturated rings. The summed E-state index contributed by atoms with van der Waals surface area (Å²) in [6.45, 7) is 5.08. The van der Waals surface area contributed by atoms with E-state index >= 15 is 0 Å². The van der Waals surface area contributed by atoms with E-state index in [9.17, 15) is 9.59 Å². The highest BCUT2D eigenvalue weighted by atomic mass is 16.5. The molecule has 0 spiro atoms. The molecule has 2 amide bonds. The minimum atomic E-state index is -0.364. The van der Waals surface area contributed by atoms with Gasteiger partial charge in [0.25, 0.3) is 0 Å². The van der Waals surface area contributed by atoms with Crippen LogP contribution in [0.4, 0.5) is 0 Å². The molecule has 1 saturated heterocycles. The van der Waals surface area contributed by atoms with E-state index < -0.39 is 0 Å². The molecular weight excluding hydrogens is 380 g/mol. The van der Waals surface area contributed by atoms with Crippen molar-refractivity contribution >= 4 is 11.8 Å². The van der Waals surface area contributed by atoms with Crippen molar-refractivity contribution < 1.29 is 19.1 Å². The Morgan fingerprint density at radius 3 is 2.43 bits per heavy atom. The van der Waals surface area contributed by atoms with Gasteiger partial charge in [0.2, 0.25) is 11.8 Å². The molecule has 0 radical (unpaired) electrons. The van der Waals surface area contributed by atoms with Crippen LogP contribution in [0.15, 0.2) is 48.5 Å². The summed E-state index contributed by atoms with van der Waals surface area (Å²) in [5, 5.41) is 3.05. The SMILES string of the molecule is COc1ccc(OC)c([C@@H]2CN(C(=O)C(C)C)C[C@@H]2C(=O)NCc2ccccc2)c1. The van der Waals surface area contributed by atoms with Crippen LogP contribution in [0.5, 0.6) is 11.5 Å². The maximum absolute atomic E-state index is 13.2. The fourth-order valence-corrected chi connectivity index (χ4v) is 3.98. The van der Waals surface area contributed by atoms with E-state index in [1.54, 1.807) is 19.1 Å². The van der Waals surface area contributed by atoms with Crippen LogP contribution < -0.4 is 14.8 Å². The summed E-state index contributed by atoms with van der Waals surface area (Å²) in [5.41, 5.74) is 1.92. The molecule has 0 bridgehead atoms. The van der Waals surface area contributed by atoms with Crippen molar-refractivity contribution in [2.45, 2.75) is 26.3 Å². The number of amides is 2. The lowest BCUT2D eigenvalue weighted by Crippen LogP contribution is -2.36. The maximum Gasteiger partial charge on any atom is 0.225 e. The molecule has 3 rings (SSSR count). The van der Waals surface area contributed by atoms with Crippen LogP contribution in [0, 0.1) is 11.8 Å². The lowest BCUT2D eigenvalue weighted by atomic mass is 9.87. The first-order valence-corrected chi connectivity index (χ1v) is 10.3. The number of nitrogens with one attached hydrogen (secondary N) is 1. The first-order valence-electron chi connectivity index (χ1n) is 10.3. The molecule has 6 heteroatoms. The van der Waals surface area contributed by atoms with Gasteiger partial charge < -0.3 is 19.7 Å². The van der Waals surface area contributed by atoms with Gasteiger partial charge in [0.1, 0.15) is 11.5 Å². The summed E-state index contributed by atoms with van der Waals surface area (Å²) in [6.07, 6.45) is 0. The van der Waals surface area contributed by atoms with Crippen LogP contribution in [-0.4, -0.2) is 44.0 Å². The molecule has 2 atom stereocenters. The zero-order valence-corrected chi connectivity index (χ0v) is 18.1. The predicted molar refractivity (Wildman–Crippen MR) is 115 cm³/mol. The normalized spacial score (nSPS) is 18.4. The van der Waals surface area contributed by atoms with Gasteiger partial charge >= 0.3 is 0 Å². The van der Waals surface area contributed by atoms with Crippen LogP contribution in [0.2, 0.25) is 0 Å². The number of carbonyl (C=O) groups excluding carboxylic acids is 2. The van der Waals surface area contributed by atoms with E-state index in [-0.39, 0.29) is 29.6 Å². The Labute approximate surface area is 178 Å². The smallest absolute Gasteiger partial charge is 0.225 e. The van der Waals surface area contributed by atoms with Crippen molar-refractivity contribution in [2.24, 2.45) is 11.8 Å². The number of methoxy groups -OCH3 is 2. The summed E-state index contributed by atoms with van der Waals surface area (Å²) in [5.74, 6) is 0.728. The third-order valence-electron chi connectivity index (χ3n) is 5.61. The number of likely N-dealkylation sites (tertiary alicyclic amines) is 1. The Morgan fingerprint density at radius 2 is 1.80 bits per heavy atom. The number of rotatable bonds is 7. The third kappa shape index (κ3) is 4.75. The number of hydrogen-bond acceptors (Lipinski definition) is 4.